The van der Waals surface area contributed by atoms with Crippen LogP contribution in [0.25, 0.3) is 72.0 Å². The number of hydrogen-bond acceptors (Lipinski definition) is 4. The number of aliphatic imine (C=N–C) groups is 1. The predicted octanol–water partition coefficient (Wildman–Crippen LogP) is 12.7. The molecular weight excluding hydrogens is 711 g/mol. The van der Waals surface area contributed by atoms with E-state index in [9.17, 15) is 0 Å². The maximum absolute atomic E-state index is 6.76. The number of benzene rings is 7. The van der Waals surface area contributed by atoms with E-state index in [-0.39, 0.29) is 12.0 Å². The van der Waals surface area contributed by atoms with Crippen molar-refractivity contribution in [3.63, 3.8) is 0 Å². The average molecular weight is 744 g/mol. The van der Waals surface area contributed by atoms with Crippen LogP contribution in [0.15, 0.2) is 179 Å². The van der Waals surface area contributed by atoms with Gasteiger partial charge in [0.25, 0.3) is 0 Å². The van der Waals surface area contributed by atoms with E-state index in [4.69, 9.17) is 9.41 Å². The third-order valence-electron chi connectivity index (χ3n) is 13.1. The van der Waals surface area contributed by atoms with Crippen LogP contribution in [-0.2, 0) is 0 Å². The molecule has 10 aromatic rings. The number of furan rings is 1. The molecule has 6 heteroatoms. The molecule has 6 nitrogen and oxygen atoms in total. The quantitative estimate of drug-likeness (QED) is 0.192. The van der Waals surface area contributed by atoms with Gasteiger partial charge in [-0.2, -0.15) is 0 Å². The lowest BCUT2D eigenvalue weighted by atomic mass is 9.75. The zero-order valence-corrected chi connectivity index (χ0v) is 31.2. The van der Waals surface area contributed by atoms with E-state index in [1.54, 1.807) is 0 Å². The molecule has 58 heavy (non-hydrogen) atoms. The summed E-state index contributed by atoms with van der Waals surface area (Å²) in [6, 6.07) is 59.3. The van der Waals surface area contributed by atoms with Crippen molar-refractivity contribution in [3.05, 3.63) is 192 Å². The third-order valence-corrected chi connectivity index (χ3v) is 13.1. The van der Waals surface area contributed by atoms with Gasteiger partial charge in [0.2, 0.25) is 12.2 Å². The van der Waals surface area contributed by atoms with Crippen LogP contribution in [-0.4, -0.2) is 21.0 Å². The lowest BCUT2D eigenvalue weighted by Gasteiger charge is -2.32. The average Bonchev–Trinajstić information content (AvgIpc) is 4.02. The molecule has 0 saturated heterocycles. The van der Waals surface area contributed by atoms with E-state index in [0.717, 1.165) is 44.8 Å². The predicted molar refractivity (Wildman–Crippen MR) is 236 cm³/mol. The summed E-state index contributed by atoms with van der Waals surface area (Å²) >= 11 is 0. The number of nitrogens with zero attached hydrogens (tertiary/aromatic N) is 4. The highest BCUT2D eigenvalue weighted by Gasteiger charge is 2.47. The first-order valence-corrected chi connectivity index (χ1v) is 20.1. The molecule has 0 radical (unpaired) electrons. The van der Waals surface area contributed by atoms with Crippen molar-refractivity contribution in [2.75, 3.05) is 10.2 Å². The minimum absolute atomic E-state index is 0.0933. The van der Waals surface area contributed by atoms with Gasteiger partial charge in [-0.15, -0.1) is 0 Å². The number of aromatic nitrogens is 2. The molecule has 0 saturated carbocycles. The Morgan fingerprint density at radius 3 is 2.00 bits per heavy atom. The Kier molecular flexibility index (Phi) is 5.83. The molecule has 14 rings (SSSR count). The Labute approximate surface area is 333 Å². The highest BCUT2D eigenvalue weighted by molar-refractivity contribution is 6.23. The molecule has 272 valence electrons. The number of anilines is 3. The van der Waals surface area contributed by atoms with Gasteiger partial charge in [0.1, 0.15) is 11.4 Å². The highest BCUT2D eigenvalue weighted by atomic mass is 16.4. The summed E-state index contributed by atoms with van der Waals surface area (Å²) in [6.07, 6.45) is 4.28. The van der Waals surface area contributed by atoms with Crippen LogP contribution in [0.2, 0.25) is 0 Å². The minimum atomic E-state index is -0.511. The number of nitrogens with one attached hydrogen (secondary N) is 1. The number of rotatable bonds is 2. The van der Waals surface area contributed by atoms with Gasteiger partial charge < -0.3 is 19.2 Å². The fourth-order valence-corrected chi connectivity index (χ4v) is 10.9. The van der Waals surface area contributed by atoms with Crippen molar-refractivity contribution >= 4 is 72.8 Å². The molecule has 2 aliphatic carbocycles. The summed E-state index contributed by atoms with van der Waals surface area (Å²) < 4.78 is 11.5. The second-order valence-electron chi connectivity index (χ2n) is 15.8. The van der Waals surface area contributed by atoms with E-state index < -0.39 is 6.29 Å². The fourth-order valence-electron chi connectivity index (χ4n) is 10.9. The van der Waals surface area contributed by atoms with E-state index >= 15 is 0 Å². The SMILES string of the molecule is C1=CC2C3c4c(cccc4N2c2ccccc2)-c2ccccc2-c2cccc4c2c3c1n4C1N=C(n2c3ccccc3c3ccccc32)c2c(oc3ccccc23)N1. The second kappa shape index (κ2) is 11.1. The Balaban J connectivity index is 1.09. The van der Waals surface area contributed by atoms with Crippen LogP contribution in [0.1, 0.15) is 34.6 Å². The van der Waals surface area contributed by atoms with Crippen molar-refractivity contribution in [2.45, 2.75) is 18.2 Å². The van der Waals surface area contributed by atoms with Crippen LogP contribution in [0.3, 0.4) is 0 Å². The minimum Gasteiger partial charge on any atom is -0.440 e. The van der Waals surface area contributed by atoms with Gasteiger partial charge in [0.05, 0.1) is 28.2 Å². The molecule has 5 heterocycles. The molecular formula is C52H33N5O. The van der Waals surface area contributed by atoms with E-state index in [2.05, 4.69) is 189 Å². The van der Waals surface area contributed by atoms with Gasteiger partial charge in [-0.25, -0.2) is 4.99 Å². The fraction of sp³-hybridized carbons (Fsp3) is 0.0577. The lowest BCUT2D eigenvalue weighted by molar-refractivity contribution is 0.545. The van der Waals surface area contributed by atoms with Crippen molar-refractivity contribution in [1.82, 2.24) is 9.13 Å². The van der Waals surface area contributed by atoms with Gasteiger partial charge in [-0.3, -0.25) is 4.57 Å². The van der Waals surface area contributed by atoms with Gasteiger partial charge in [0.15, 0.2) is 0 Å². The number of fused-ring (bicyclic) bond motifs is 9. The molecule has 3 atom stereocenters. The molecule has 0 spiro atoms. The highest BCUT2D eigenvalue weighted by Crippen LogP contribution is 2.59. The van der Waals surface area contributed by atoms with Crippen LogP contribution < -0.4 is 10.2 Å². The summed E-state index contributed by atoms with van der Waals surface area (Å²) in [5, 5.41) is 8.57. The van der Waals surface area contributed by atoms with Gasteiger partial charge in [0, 0.05) is 44.5 Å². The van der Waals surface area contributed by atoms with Crippen molar-refractivity contribution < 1.29 is 4.42 Å². The van der Waals surface area contributed by atoms with Crippen molar-refractivity contribution in [2.24, 2.45) is 4.99 Å². The number of hydrogen-bond donors (Lipinski definition) is 1. The first-order chi connectivity index (χ1) is 28.8. The molecule has 0 bridgehead atoms. The molecule has 0 amide bonds. The Hall–Kier alpha value is -7.57. The van der Waals surface area contributed by atoms with Crippen molar-refractivity contribution in [1.29, 1.82) is 0 Å². The van der Waals surface area contributed by atoms with Crippen molar-refractivity contribution in [3.8, 4) is 22.3 Å². The molecule has 3 unspecified atom stereocenters. The summed E-state index contributed by atoms with van der Waals surface area (Å²) in [5.41, 5.74) is 16.6. The maximum atomic E-state index is 6.76. The van der Waals surface area contributed by atoms with E-state index in [1.807, 2.05) is 6.07 Å². The largest absolute Gasteiger partial charge is 0.440 e. The summed E-state index contributed by atoms with van der Waals surface area (Å²) in [6.45, 7) is 0. The van der Waals surface area contributed by atoms with Crippen LogP contribution in [0, 0.1) is 0 Å². The normalized spacial score (nSPS) is 18.3. The lowest BCUT2D eigenvalue weighted by Crippen LogP contribution is -2.31. The molecule has 2 aliphatic heterocycles. The zero-order chi connectivity index (χ0) is 37.6. The third kappa shape index (κ3) is 3.80. The van der Waals surface area contributed by atoms with Crippen LogP contribution in [0.4, 0.5) is 17.3 Å². The molecule has 7 aromatic carbocycles. The molecule has 3 aromatic heterocycles. The van der Waals surface area contributed by atoms with E-state index in [1.165, 1.54) is 66.6 Å². The zero-order valence-electron chi connectivity index (χ0n) is 31.2. The Bertz CT molecular complexity index is 3420. The first-order valence-electron chi connectivity index (χ1n) is 20.1. The smallest absolute Gasteiger partial charge is 0.208 e. The van der Waals surface area contributed by atoms with Crippen LogP contribution in [0.5, 0.6) is 0 Å². The monoisotopic (exact) mass is 743 g/mol. The van der Waals surface area contributed by atoms with E-state index in [0.29, 0.717) is 0 Å². The van der Waals surface area contributed by atoms with Gasteiger partial charge >= 0.3 is 0 Å². The number of para-hydroxylation sites is 4. The standard InChI is InChI=1S/C52H33N5O/c1-2-14-30(15-3-1)55-40-25-12-21-35-31-16-4-5-17-32(31)36-22-13-26-41-46(36)49-43(29-28-42(55)48(49)45(35)40)57(41)52-53-50(47-37-20-8-11-27-44(37)58-51(47)54-52)56-38-23-9-6-18-33(38)34-19-7-10-24-39(34)56/h1-29,42,48,52,54H. The Morgan fingerprint density at radius 2 is 1.19 bits per heavy atom. The molecule has 1 N–H and O–H groups in total. The summed E-state index contributed by atoms with van der Waals surface area (Å²) in [7, 11) is 0. The molecule has 0 fully saturated rings. The maximum Gasteiger partial charge on any atom is 0.208 e. The molecule has 4 aliphatic rings. The van der Waals surface area contributed by atoms with Gasteiger partial charge in [-0.05, 0) is 81.9 Å². The second-order valence-corrected chi connectivity index (χ2v) is 15.8. The summed E-state index contributed by atoms with van der Waals surface area (Å²) in [4.78, 5) is 8.38. The topological polar surface area (TPSA) is 50.6 Å². The first kappa shape index (κ1) is 30.6. The summed E-state index contributed by atoms with van der Waals surface area (Å²) in [5.74, 6) is 1.68. The van der Waals surface area contributed by atoms with Crippen LogP contribution >= 0.6 is 0 Å². The van der Waals surface area contributed by atoms with Gasteiger partial charge in [-0.1, -0.05) is 127 Å². The Morgan fingerprint density at radius 1 is 0.552 bits per heavy atom.